The van der Waals surface area contributed by atoms with Gasteiger partial charge in [-0.05, 0) is 56.7 Å². The molecule has 0 spiro atoms. The number of ether oxygens (including phenoxy) is 1. The molecule has 0 unspecified atom stereocenters. The number of fused-ring (bicyclic) bond motifs is 1. The third kappa shape index (κ3) is 3.19. The molecular formula is C20H18N4O3. The first-order chi connectivity index (χ1) is 13.0. The van der Waals surface area contributed by atoms with Crippen molar-refractivity contribution in [3.05, 3.63) is 65.4 Å². The van der Waals surface area contributed by atoms with Gasteiger partial charge in [-0.2, -0.15) is 4.98 Å². The molecule has 136 valence electrons. The van der Waals surface area contributed by atoms with E-state index in [9.17, 15) is 4.79 Å². The lowest BCUT2D eigenvalue weighted by molar-refractivity contribution is 0.0265. The van der Waals surface area contributed by atoms with E-state index in [-0.39, 0.29) is 5.89 Å². The number of carbonyl (C=O) groups excluding carboxylic acids is 1. The normalized spacial score (nSPS) is 12.3. The highest BCUT2D eigenvalue weighted by Gasteiger charge is 2.21. The Kier molecular flexibility index (Phi) is 4.19. The molecule has 0 aliphatic carbocycles. The van der Waals surface area contributed by atoms with E-state index in [1.807, 2.05) is 32.0 Å². The van der Waals surface area contributed by atoms with Gasteiger partial charge in [0, 0.05) is 34.6 Å². The Labute approximate surface area is 155 Å². The van der Waals surface area contributed by atoms with Crippen LogP contribution in [0.3, 0.4) is 0 Å². The summed E-state index contributed by atoms with van der Waals surface area (Å²) in [6.45, 7) is 5.72. The SMILES string of the molecule is Cc1[nH]c2ccc(C(=O)O[C@H](C)c3nc(-c4cccnc4)no3)cc2c1C. The Bertz CT molecular complexity index is 1110. The number of benzene rings is 1. The van der Waals surface area contributed by atoms with Crippen molar-refractivity contribution in [3.63, 3.8) is 0 Å². The molecule has 7 nitrogen and oxygen atoms in total. The van der Waals surface area contributed by atoms with Crippen LogP contribution in [0.4, 0.5) is 0 Å². The summed E-state index contributed by atoms with van der Waals surface area (Å²) >= 11 is 0. The summed E-state index contributed by atoms with van der Waals surface area (Å²) < 4.78 is 10.7. The van der Waals surface area contributed by atoms with E-state index >= 15 is 0 Å². The van der Waals surface area contributed by atoms with E-state index in [1.54, 1.807) is 31.5 Å². The number of carbonyl (C=O) groups is 1. The van der Waals surface area contributed by atoms with Gasteiger partial charge in [0.2, 0.25) is 5.82 Å². The van der Waals surface area contributed by atoms with Gasteiger partial charge in [0.1, 0.15) is 0 Å². The number of aromatic nitrogens is 4. The van der Waals surface area contributed by atoms with Gasteiger partial charge in [-0.1, -0.05) is 5.16 Å². The lowest BCUT2D eigenvalue weighted by Gasteiger charge is -2.09. The molecule has 0 fully saturated rings. The number of nitrogens with zero attached hydrogens (tertiary/aromatic N) is 3. The Morgan fingerprint density at radius 1 is 1.26 bits per heavy atom. The number of nitrogens with one attached hydrogen (secondary N) is 1. The van der Waals surface area contributed by atoms with Gasteiger partial charge in [-0.25, -0.2) is 4.79 Å². The number of hydrogen-bond donors (Lipinski definition) is 1. The van der Waals surface area contributed by atoms with Crippen LogP contribution in [0.25, 0.3) is 22.3 Å². The predicted octanol–water partition coefficient (Wildman–Crippen LogP) is 4.15. The molecule has 0 aliphatic heterocycles. The second kappa shape index (κ2) is 6.68. The summed E-state index contributed by atoms with van der Waals surface area (Å²) in [5.74, 6) is 0.196. The van der Waals surface area contributed by atoms with Crippen molar-refractivity contribution in [2.75, 3.05) is 0 Å². The topological polar surface area (TPSA) is 93.9 Å². The largest absolute Gasteiger partial charge is 0.449 e. The third-order valence-corrected chi connectivity index (χ3v) is 4.54. The van der Waals surface area contributed by atoms with E-state index in [0.29, 0.717) is 11.4 Å². The number of aryl methyl sites for hydroxylation is 2. The van der Waals surface area contributed by atoms with Crippen LogP contribution < -0.4 is 0 Å². The molecule has 3 aromatic heterocycles. The van der Waals surface area contributed by atoms with Gasteiger partial charge in [0.25, 0.3) is 5.89 Å². The molecule has 1 atom stereocenters. The zero-order valence-electron chi connectivity index (χ0n) is 15.2. The molecule has 4 aromatic rings. The molecular weight excluding hydrogens is 344 g/mol. The Morgan fingerprint density at radius 2 is 2.11 bits per heavy atom. The molecule has 0 aliphatic rings. The van der Waals surface area contributed by atoms with Crippen LogP contribution in [-0.4, -0.2) is 26.1 Å². The number of H-pyrrole nitrogens is 1. The average Bonchev–Trinajstić information content (AvgIpc) is 3.28. The van der Waals surface area contributed by atoms with Crippen molar-refractivity contribution in [1.29, 1.82) is 0 Å². The van der Waals surface area contributed by atoms with E-state index < -0.39 is 12.1 Å². The van der Waals surface area contributed by atoms with Gasteiger partial charge in [-0.15, -0.1) is 0 Å². The fourth-order valence-corrected chi connectivity index (χ4v) is 2.88. The minimum atomic E-state index is -0.667. The van der Waals surface area contributed by atoms with Gasteiger partial charge < -0.3 is 14.2 Å². The zero-order valence-corrected chi connectivity index (χ0v) is 15.2. The molecule has 27 heavy (non-hydrogen) atoms. The van der Waals surface area contributed by atoms with Crippen LogP contribution in [0.1, 0.15) is 40.5 Å². The first-order valence-corrected chi connectivity index (χ1v) is 8.57. The molecule has 0 amide bonds. The van der Waals surface area contributed by atoms with E-state index in [2.05, 4.69) is 20.1 Å². The van der Waals surface area contributed by atoms with Crippen LogP contribution in [0, 0.1) is 13.8 Å². The number of esters is 1. The van der Waals surface area contributed by atoms with Crippen LogP contribution in [-0.2, 0) is 4.74 Å². The van der Waals surface area contributed by atoms with Gasteiger partial charge in [-0.3, -0.25) is 4.98 Å². The molecule has 7 heteroatoms. The van der Waals surface area contributed by atoms with Crippen molar-refractivity contribution in [2.24, 2.45) is 0 Å². The van der Waals surface area contributed by atoms with E-state index in [0.717, 1.165) is 27.7 Å². The number of rotatable bonds is 4. The van der Waals surface area contributed by atoms with E-state index in [4.69, 9.17) is 9.26 Å². The van der Waals surface area contributed by atoms with Crippen LogP contribution in [0.2, 0.25) is 0 Å². The van der Waals surface area contributed by atoms with Crippen molar-refractivity contribution in [1.82, 2.24) is 20.1 Å². The standard InChI is InChI=1S/C20H18N4O3/c1-11-12(2)22-17-7-6-14(9-16(11)17)20(25)26-13(3)19-23-18(24-27-19)15-5-4-8-21-10-15/h4-10,13,22H,1-3H3/t13-/m1/s1. The fraction of sp³-hybridized carbons (Fsp3) is 0.200. The molecule has 0 saturated carbocycles. The third-order valence-electron chi connectivity index (χ3n) is 4.54. The highest BCUT2D eigenvalue weighted by molar-refractivity contribution is 5.96. The predicted molar refractivity (Wildman–Crippen MR) is 99.1 cm³/mol. The number of hydrogen-bond acceptors (Lipinski definition) is 6. The molecule has 4 rings (SSSR count). The summed E-state index contributed by atoms with van der Waals surface area (Å²) in [7, 11) is 0. The summed E-state index contributed by atoms with van der Waals surface area (Å²) in [6, 6.07) is 9.06. The number of aromatic amines is 1. The highest BCUT2D eigenvalue weighted by Crippen LogP contribution is 2.25. The van der Waals surface area contributed by atoms with Crippen molar-refractivity contribution in [3.8, 4) is 11.4 Å². The molecule has 0 saturated heterocycles. The second-order valence-corrected chi connectivity index (χ2v) is 6.38. The first kappa shape index (κ1) is 17.0. The minimum absolute atomic E-state index is 0.233. The van der Waals surface area contributed by atoms with Crippen LogP contribution >= 0.6 is 0 Å². The Morgan fingerprint density at radius 3 is 2.89 bits per heavy atom. The number of pyridine rings is 1. The summed E-state index contributed by atoms with van der Waals surface area (Å²) in [4.78, 5) is 24.1. The van der Waals surface area contributed by atoms with Crippen molar-refractivity contribution >= 4 is 16.9 Å². The minimum Gasteiger partial charge on any atom is -0.449 e. The quantitative estimate of drug-likeness (QED) is 0.548. The molecule has 1 N–H and O–H groups in total. The lowest BCUT2D eigenvalue weighted by atomic mass is 10.1. The maximum absolute atomic E-state index is 12.5. The monoisotopic (exact) mass is 362 g/mol. The van der Waals surface area contributed by atoms with Gasteiger partial charge in [0.15, 0.2) is 6.10 Å². The summed E-state index contributed by atoms with van der Waals surface area (Å²) in [5, 5.41) is 4.93. The smallest absolute Gasteiger partial charge is 0.338 e. The summed E-state index contributed by atoms with van der Waals surface area (Å²) in [6.07, 6.45) is 2.64. The Hall–Kier alpha value is -3.48. The van der Waals surface area contributed by atoms with Crippen LogP contribution in [0.5, 0.6) is 0 Å². The van der Waals surface area contributed by atoms with E-state index in [1.165, 1.54) is 0 Å². The molecule has 0 bridgehead atoms. The molecule has 0 radical (unpaired) electrons. The maximum atomic E-state index is 12.5. The van der Waals surface area contributed by atoms with Gasteiger partial charge in [0.05, 0.1) is 5.56 Å². The Balaban J connectivity index is 1.53. The highest BCUT2D eigenvalue weighted by atomic mass is 16.6. The van der Waals surface area contributed by atoms with Gasteiger partial charge >= 0.3 is 5.97 Å². The maximum Gasteiger partial charge on any atom is 0.338 e. The summed E-state index contributed by atoms with van der Waals surface area (Å²) in [5.41, 5.74) is 4.40. The van der Waals surface area contributed by atoms with Crippen molar-refractivity contribution in [2.45, 2.75) is 26.9 Å². The average molecular weight is 362 g/mol. The molecule has 1 aromatic carbocycles. The lowest BCUT2D eigenvalue weighted by Crippen LogP contribution is -2.09. The fourth-order valence-electron chi connectivity index (χ4n) is 2.88. The van der Waals surface area contributed by atoms with Crippen molar-refractivity contribution < 1.29 is 14.1 Å². The zero-order chi connectivity index (χ0) is 19.0. The second-order valence-electron chi connectivity index (χ2n) is 6.38. The van der Waals surface area contributed by atoms with Crippen LogP contribution in [0.15, 0.2) is 47.2 Å². The first-order valence-electron chi connectivity index (χ1n) is 8.57. The molecule has 3 heterocycles.